The lowest BCUT2D eigenvalue weighted by atomic mass is 10.2. The smallest absolute Gasteiger partial charge is 0.337 e. The molecule has 0 bridgehead atoms. The molecule has 4 aromatic rings. The van der Waals surface area contributed by atoms with Crippen LogP contribution in [-0.2, 0) is 9.53 Å². The van der Waals surface area contributed by atoms with Gasteiger partial charge >= 0.3 is 5.97 Å². The highest BCUT2D eigenvalue weighted by molar-refractivity contribution is 7.99. The molecule has 1 amide bonds. The summed E-state index contributed by atoms with van der Waals surface area (Å²) in [6.45, 7) is 0. The first kappa shape index (κ1) is 18.0. The zero-order valence-electron chi connectivity index (χ0n) is 15.0. The van der Waals surface area contributed by atoms with E-state index in [1.165, 1.54) is 18.9 Å². The Bertz CT molecular complexity index is 1190. The van der Waals surface area contributed by atoms with Crippen molar-refractivity contribution in [3.63, 3.8) is 0 Å². The highest BCUT2D eigenvalue weighted by atomic mass is 32.2. The number of para-hydroxylation sites is 1. The molecule has 1 N–H and O–H groups in total. The molecule has 2 heterocycles. The molecule has 7 nitrogen and oxygen atoms in total. The molecule has 0 aliphatic carbocycles. The topological polar surface area (TPSA) is 85.6 Å². The fourth-order valence-corrected chi connectivity index (χ4v) is 3.63. The molecule has 28 heavy (non-hydrogen) atoms. The Hall–Kier alpha value is -3.39. The maximum Gasteiger partial charge on any atom is 0.337 e. The maximum atomic E-state index is 12.4. The number of rotatable bonds is 5. The Kier molecular flexibility index (Phi) is 4.94. The quantitative estimate of drug-likeness (QED) is 0.414. The van der Waals surface area contributed by atoms with Gasteiger partial charge in [-0.2, -0.15) is 0 Å². The number of ether oxygens (including phenoxy) is 1. The Labute approximate surface area is 164 Å². The van der Waals surface area contributed by atoms with Gasteiger partial charge < -0.3 is 10.1 Å². The van der Waals surface area contributed by atoms with Gasteiger partial charge in [0.1, 0.15) is 0 Å². The fraction of sp³-hybridized carbons (Fsp3) is 0.100. The Morgan fingerprint density at radius 3 is 2.79 bits per heavy atom. The molecule has 0 fully saturated rings. The number of pyridine rings is 1. The highest BCUT2D eigenvalue weighted by Crippen LogP contribution is 2.23. The van der Waals surface area contributed by atoms with Crippen molar-refractivity contribution < 1.29 is 14.3 Å². The second kappa shape index (κ2) is 7.69. The van der Waals surface area contributed by atoms with Crippen molar-refractivity contribution in [2.75, 3.05) is 18.2 Å². The molecule has 0 radical (unpaired) electrons. The number of aromatic nitrogens is 3. The number of anilines is 1. The number of amides is 1. The van der Waals surface area contributed by atoms with E-state index in [4.69, 9.17) is 4.74 Å². The monoisotopic (exact) mass is 392 g/mol. The van der Waals surface area contributed by atoms with E-state index in [9.17, 15) is 9.59 Å². The zero-order chi connectivity index (χ0) is 19.5. The predicted octanol–water partition coefficient (Wildman–Crippen LogP) is 3.40. The van der Waals surface area contributed by atoms with Crippen LogP contribution in [0.3, 0.4) is 0 Å². The third kappa shape index (κ3) is 3.54. The summed E-state index contributed by atoms with van der Waals surface area (Å²) in [7, 11) is 1.32. The molecule has 0 unspecified atom stereocenters. The van der Waals surface area contributed by atoms with E-state index in [-0.39, 0.29) is 11.7 Å². The molecular formula is C20H16N4O3S. The minimum atomic E-state index is -0.452. The number of fused-ring (bicyclic) bond motifs is 3. The average Bonchev–Trinajstić information content (AvgIpc) is 3.15. The molecule has 8 heteroatoms. The largest absolute Gasteiger partial charge is 0.465 e. The Morgan fingerprint density at radius 1 is 1.07 bits per heavy atom. The van der Waals surface area contributed by atoms with Crippen LogP contribution in [0.25, 0.3) is 16.6 Å². The maximum absolute atomic E-state index is 12.4. The van der Waals surface area contributed by atoms with Gasteiger partial charge in [0.25, 0.3) is 0 Å². The van der Waals surface area contributed by atoms with E-state index < -0.39 is 5.97 Å². The second-order valence-corrected chi connectivity index (χ2v) is 6.92. The molecule has 2 aromatic heterocycles. The van der Waals surface area contributed by atoms with Crippen molar-refractivity contribution in [2.45, 2.75) is 5.16 Å². The second-order valence-electron chi connectivity index (χ2n) is 5.98. The van der Waals surface area contributed by atoms with Crippen LogP contribution in [0, 0.1) is 0 Å². The third-order valence-corrected chi connectivity index (χ3v) is 5.08. The van der Waals surface area contributed by atoms with Gasteiger partial charge in [0.15, 0.2) is 10.8 Å². The number of methoxy groups -OCH3 is 1. The Morgan fingerprint density at radius 2 is 1.93 bits per heavy atom. The van der Waals surface area contributed by atoms with Crippen LogP contribution in [0.2, 0.25) is 0 Å². The molecule has 0 atom stereocenters. The van der Waals surface area contributed by atoms with E-state index >= 15 is 0 Å². The van der Waals surface area contributed by atoms with Gasteiger partial charge in [0.2, 0.25) is 5.91 Å². The first-order chi connectivity index (χ1) is 13.7. The molecule has 0 aliphatic rings. The molecule has 2 aromatic carbocycles. The number of hydrogen-bond acceptors (Lipinski definition) is 6. The van der Waals surface area contributed by atoms with Gasteiger partial charge in [-0.25, -0.2) is 4.79 Å². The summed E-state index contributed by atoms with van der Waals surface area (Å²) >= 11 is 1.30. The number of benzene rings is 2. The lowest BCUT2D eigenvalue weighted by molar-refractivity contribution is -0.113. The van der Waals surface area contributed by atoms with E-state index in [0.717, 1.165) is 16.6 Å². The summed E-state index contributed by atoms with van der Waals surface area (Å²) < 4.78 is 6.63. The number of nitrogens with zero attached hydrogens (tertiary/aromatic N) is 3. The van der Waals surface area contributed by atoms with Gasteiger partial charge in [0, 0.05) is 5.69 Å². The zero-order valence-corrected chi connectivity index (χ0v) is 15.8. The number of carbonyl (C=O) groups excluding carboxylic acids is 2. The molecule has 0 aliphatic heterocycles. The number of hydrogen-bond donors (Lipinski definition) is 1. The minimum Gasteiger partial charge on any atom is -0.465 e. The van der Waals surface area contributed by atoms with Crippen LogP contribution in [0.1, 0.15) is 10.4 Å². The van der Waals surface area contributed by atoms with Crippen molar-refractivity contribution in [3.8, 4) is 0 Å². The number of esters is 1. The van der Waals surface area contributed by atoms with Gasteiger partial charge in [0.05, 0.1) is 23.9 Å². The van der Waals surface area contributed by atoms with Crippen molar-refractivity contribution in [2.24, 2.45) is 0 Å². The van der Waals surface area contributed by atoms with E-state index in [2.05, 4.69) is 15.5 Å². The lowest BCUT2D eigenvalue weighted by Gasteiger charge is -2.07. The number of thioether (sulfide) groups is 1. The average molecular weight is 392 g/mol. The van der Waals surface area contributed by atoms with Crippen LogP contribution in [-0.4, -0.2) is 39.3 Å². The lowest BCUT2D eigenvalue weighted by Crippen LogP contribution is -2.15. The first-order valence-corrected chi connectivity index (χ1v) is 9.48. The van der Waals surface area contributed by atoms with Crippen LogP contribution in [0.4, 0.5) is 5.69 Å². The summed E-state index contributed by atoms with van der Waals surface area (Å²) in [5.74, 6) is -0.497. The molecule has 140 valence electrons. The van der Waals surface area contributed by atoms with Crippen molar-refractivity contribution in [3.05, 3.63) is 66.2 Å². The van der Waals surface area contributed by atoms with E-state index in [1.54, 1.807) is 24.3 Å². The molecule has 0 spiro atoms. The van der Waals surface area contributed by atoms with Gasteiger partial charge in [-0.1, -0.05) is 36.0 Å². The van der Waals surface area contributed by atoms with Crippen LogP contribution >= 0.6 is 11.8 Å². The summed E-state index contributed by atoms with van der Waals surface area (Å²) in [6, 6.07) is 18.4. The molecule has 0 saturated carbocycles. The van der Waals surface area contributed by atoms with Crippen molar-refractivity contribution >= 4 is 45.9 Å². The van der Waals surface area contributed by atoms with Gasteiger partial charge in [-0.15, -0.1) is 10.2 Å². The highest BCUT2D eigenvalue weighted by Gasteiger charge is 2.12. The van der Waals surface area contributed by atoms with Crippen molar-refractivity contribution in [1.82, 2.24) is 14.6 Å². The van der Waals surface area contributed by atoms with E-state index in [1.807, 2.05) is 40.8 Å². The third-order valence-electron chi connectivity index (χ3n) is 4.15. The predicted molar refractivity (Wildman–Crippen MR) is 108 cm³/mol. The van der Waals surface area contributed by atoms with Crippen LogP contribution in [0.5, 0.6) is 0 Å². The van der Waals surface area contributed by atoms with Crippen LogP contribution in [0.15, 0.2) is 65.8 Å². The Balaban J connectivity index is 1.50. The summed E-state index contributed by atoms with van der Waals surface area (Å²) in [4.78, 5) is 24.0. The summed E-state index contributed by atoms with van der Waals surface area (Å²) in [6.07, 6.45) is 0. The molecule has 4 rings (SSSR count). The van der Waals surface area contributed by atoms with Crippen molar-refractivity contribution in [1.29, 1.82) is 0 Å². The summed E-state index contributed by atoms with van der Waals surface area (Å²) in [5.41, 5.74) is 2.62. The van der Waals surface area contributed by atoms with Crippen LogP contribution < -0.4 is 5.32 Å². The van der Waals surface area contributed by atoms with Gasteiger partial charge in [-0.05, 0) is 41.8 Å². The normalized spacial score (nSPS) is 10.9. The minimum absolute atomic E-state index is 0.159. The molecular weight excluding hydrogens is 376 g/mol. The van der Waals surface area contributed by atoms with Gasteiger partial charge in [-0.3, -0.25) is 9.20 Å². The number of nitrogens with one attached hydrogen (secondary N) is 1. The fourth-order valence-electron chi connectivity index (χ4n) is 2.87. The standard InChI is InChI=1S/C20H16N4O3S/c1-27-19(26)14-6-4-7-15(11-14)21-18(25)12-28-20-23-22-17-10-9-13-5-2-3-8-16(13)24(17)20/h2-11H,12H2,1H3,(H,21,25). The van der Waals surface area contributed by atoms with E-state index in [0.29, 0.717) is 16.4 Å². The first-order valence-electron chi connectivity index (χ1n) is 8.49. The number of carbonyl (C=O) groups is 2. The molecule has 0 saturated heterocycles. The summed E-state index contributed by atoms with van der Waals surface area (Å²) in [5, 5.41) is 12.9. The SMILES string of the molecule is COC(=O)c1cccc(NC(=O)CSc2nnc3ccc4ccccc4n23)c1.